The molecule has 4 heterocycles. The van der Waals surface area contributed by atoms with Crippen LogP contribution in [0.4, 0.5) is 0 Å². The molecule has 3 atom stereocenters. The number of aromatic nitrogens is 2. The highest BCUT2D eigenvalue weighted by molar-refractivity contribution is 8.14. The number of thioether (sulfide) groups is 1. The van der Waals surface area contributed by atoms with Crippen LogP contribution in [0.3, 0.4) is 0 Å². The van der Waals surface area contributed by atoms with Crippen molar-refractivity contribution >= 4 is 27.8 Å². The first-order chi connectivity index (χ1) is 13.1. The van der Waals surface area contributed by atoms with Gasteiger partial charge in [-0.3, -0.25) is 9.98 Å². The van der Waals surface area contributed by atoms with Gasteiger partial charge in [-0.25, -0.2) is 0 Å². The average Bonchev–Trinajstić information content (AvgIpc) is 3.32. The highest BCUT2D eigenvalue weighted by atomic mass is 32.2. The van der Waals surface area contributed by atoms with Crippen LogP contribution in [0.1, 0.15) is 50.2 Å². The topological polar surface area (TPSA) is 33.4 Å². The first-order valence-electron chi connectivity index (χ1n) is 9.65. The minimum absolute atomic E-state index is 0.0487. The predicted octanol–water partition coefficient (Wildman–Crippen LogP) is 5.21. The minimum Gasteiger partial charge on any atom is -0.345 e. The van der Waals surface area contributed by atoms with E-state index in [4.69, 9.17) is 4.99 Å². The maximum atomic E-state index is 5.12. The number of hydrogen-bond donors (Lipinski definition) is 0. The van der Waals surface area contributed by atoms with E-state index in [2.05, 4.69) is 77.8 Å². The van der Waals surface area contributed by atoms with Crippen molar-refractivity contribution < 1.29 is 0 Å². The molecule has 2 aliphatic heterocycles. The Morgan fingerprint density at radius 2 is 1.93 bits per heavy atom. The fourth-order valence-corrected chi connectivity index (χ4v) is 5.44. The van der Waals surface area contributed by atoms with Gasteiger partial charge in [0.1, 0.15) is 6.04 Å². The van der Waals surface area contributed by atoms with Crippen molar-refractivity contribution in [2.75, 3.05) is 6.54 Å². The third-order valence-corrected chi connectivity index (χ3v) is 6.63. The number of para-hydroxylation sites is 1. The highest BCUT2D eigenvalue weighted by Crippen LogP contribution is 2.49. The van der Waals surface area contributed by atoms with Crippen LogP contribution >= 0.6 is 11.8 Å². The van der Waals surface area contributed by atoms with Crippen LogP contribution in [0.5, 0.6) is 0 Å². The number of benzene rings is 1. The number of nitrogens with zero attached hydrogens (tertiary/aromatic N) is 4. The van der Waals surface area contributed by atoms with E-state index in [1.165, 1.54) is 21.6 Å². The van der Waals surface area contributed by atoms with E-state index in [-0.39, 0.29) is 12.1 Å². The van der Waals surface area contributed by atoms with Crippen molar-refractivity contribution in [1.29, 1.82) is 0 Å². The summed E-state index contributed by atoms with van der Waals surface area (Å²) in [7, 11) is 0. The van der Waals surface area contributed by atoms with Crippen molar-refractivity contribution in [3.05, 3.63) is 66.1 Å². The smallest absolute Gasteiger partial charge is 0.160 e. The molecule has 1 aromatic carbocycles. The van der Waals surface area contributed by atoms with E-state index >= 15 is 0 Å². The minimum atomic E-state index is 0.0487. The van der Waals surface area contributed by atoms with Gasteiger partial charge < -0.3 is 9.47 Å². The van der Waals surface area contributed by atoms with Crippen LogP contribution in [0.15, 0.2) is 59.9 Å². The fourth-order valence-electron chi connectivity index (χ4n) is 4.35. The van der Waals surface area contributed by atoms with Gasteiger partial charge in [-0.2, -0.15) is 0 Å². The Kier molecular flexibility index (Phi) is 4.01. The summed E-state index contributed by atoms with van der Waals surface area (Å²) >= 11 is 1.89. The summed E-state index contributed by atoms with van der Waals surface area (Å²) in [5, 5.41) is 3.08. The number of aliphatic imine (C=N–C) groups is 1. The van der Waals surface area contributed by atoms with E-state index in [1.807, 2.05) is 24.0 Å². The standard InChI is InChI=1S/C22H24N4S/c1-14(2)25-13-17(16-8-4-5-10-19(16)25)21-20(18-9-6-7-11-23-18)24-22-26(21)12-15(3)27-22/h4-11,13-15,20-21H,12H2,1-3H3/t15-,20-,21+/m1/s1. The lowest BCUT2D eigenvalue weighted by Gasteiger charge is -2.27. The van der Waals surface area contributed by atoms with Gasteiger partial charge in [0.25, 0.3) is 0 Å². The molecule has 2 aliphatic rings. The SMILES string of the molecule is CC(C)n1cc([C@H]2[C@@H](c3ccccn3)N=C3S[C@H](C)CN32)c2ccccc21. The molecule has 0 aliphatic carbocycles. The molecule has 5 rings (SSSR count). The van der Waals surface area contributed by atoms with Crippen LogP contribution in [0.25, 0.3) is 10.9 Å². The number of hydrogen-bond acceptors (Lipinski definition) is 4. The summed E-state index contributed by atoms with van der Waals surface area (Å²) in [6.07, 6.45) is 4.23. The van der Waals surface area contributed by atoms with E-state index in [0.29, 0.717) is 11.3 Å². The van der Waals surface area contributed by atoms with E-state index in [1.54, 1.807) is 0 Å². The number of rotatable bonds is 3. The van der Waals surface area contributed by atoms with Crippen molar-refractivity contribution in [1.82, 2.24) is 14.5 Å². The van der Waals surface area contributed by atoms with Crippen LogP contribution in [0, 0.1) is 0 Å². The Labute approximate surface area is 164 Å². The van der Waals surface area contributed by atoms with Gasteiger partial charge in [0.2, 0.25) is 0 Å². The van der Waals surface area contributed by atoms with E-state index in [9.17, 15) is 0 Å². The van der Waals surface area contributed by atoms with Gasteiger partial charge in [0, 0.05) is 46.7 Å². The van der Waals surface area contributed by atoms with Gasteiger partial charge in [-0.05, 0) is 32.0 Å². The summed E-state index contributed by atoms with van der Waals surface area (Å²) in [4.78, 5) is 12.3. The Morgan fingerprint density at radius 1 is 1.11 bits per heavy atom. The monoisotopic (exact) mass is 376 g/mol. The first-order valence-corrected chi connectivity index (χ1v) is 10.5. The molecule has 3 aromatic rings. The second-order valence-corrected chi connectivity index (χ2v) is 9.14. The largest absolute Gasteiger partial charge is 0.345 e. The van der Waals surface area contributed by atoms with Gasteiger partial charge in [-0.15, -0.1) is 0 Å². The quantitative estimate of drug-likeness (QED) is 0.629. The van der Waals surface area contributed by atoms with Crippen LogP contribution in [0.2, 0.25) is 0 Å². The van der Waals surface area contributed by atoms with Crippen molar-refractivity contribution in [3.63, 3.8) is 0 Å². The third-order valence-electron chi connectivity index (χ3n) is 5.53. The molecule has 0 spiro atoms. The second-order valence-electron chi connectivity index (χ2n) is 7.74. The molecular weight excluding hydrogens is 352 g/mol. The first kappa shape index (κ1) is 16.9. The molecule has 27 heavy (non-hydrogen) atoms. The summed E-state index contributed by atoms with van der Waals surface area (Å²) in [5.74, 6) is 0. The zero-order chi connectivity index (χ0) is 18.5. The number of fused-ring (bicyclic) bond motifs is 2. The fraction of sp³-hybridized carbons (Fsp3) is 0.364. The summed E-state index contributed by atoms with van der Waals surface area (Å²) < 4.78 is 2.39. The van der Waals surface area contributed by atoms with Crippen LogP contribution in [-0.4, -0.2) is 31.4 Å². The Balaban J connectivity index is 1.69. The van der Waals surface area contributed by atoms with E-state index < -0.39 is 0 Å². The van der Waals surface area contributed by atoms with E-state index in [0.717, 1.165) is 12.2 Å². The van der Waals surface area contributed by atoms with Crippen LogP contribution in [-0.2, 0) is 0 Å². The highest BCUT2D eigenvalue weighted by Gasteiger charge is 2.44. The Morgan fingerprint density at radius 3 is 2.70 bits per heavy atom. The van der Waals surface area contributed by atoms with Gasteiger partial charge in [0.15, 0.2) is 5.17 Å². The lowest BCUT2D eigenvalue weighted by Crippen LogP contribution is -2.28. The average molecular weight is 377 g/mol. The maximum absolute atomic E-state index is 5.12. The third kappa shape index (κ3) is 2.67. The van der Waals surface area contributed by atoms with Gasteiger partial charge >= 0.3 is 0 Å². The number of pyridine rings is 1. The lowest BCUT2D eigenvalue weighted by atomic mass is 9.96. The Bertz CT molecular complexity index is 1010. The molecule has 0 saturated carbocycles. The molecule has 0 radical (unpaired) electrons. The molecule has 4 nitrogen and oxygen atoms in total. The Hall–Kier alpha value is -2.27. The molecule has 5 heteroatoms. The van der Waals surface area contributed by atoms with Crippen molar-refractivity contribution in [2.24, 2.45) is 4.99 Å². The van der Waals surface area contributed by atoms with Crippen molar-refractivity contribution in [2.45, 2.75) is 44.1 Å². The molecule has 0 amide bonds. The zero-order valence-electron chi connectivity index (χ0n) is 15.9. The summed E-state index contributed by atoms with van der Waals surface area (Å²) in [5.41, 5.74) is 3.72. The maximum Gasteiger partial charge on any atom is 0.160 e. The van der Waals surface area contributed by atoms with Gasteiger partial charge in [0.05, 0.1) is 11.7 Å². The lowest BCUT2D eigenvalue weighted by molar-refractivity contribution is 0.322. The molecule has 0 N–H and O–H groups in total. The van der Waals surface area contributed by atoms with Gasteiger partial charge in [-0.1, -0.05) is 43.0 Å². The predicted molar refractivity (Wildman–Crippen MR) is 113 cm³/mol. The zero-order valence-corrected chi connectivity index (χ0v) is 16.7. The second kappa shape index (κ2) is 6.41. The summed E-state index contributed by atoms with van der Waals surface area (Å²) in [6, 6.07) is 15.6. The molecule has 0 unspecified atom stereocenters. The molecule has 0 bridgehead atoms. The summed E-state index contributed by atoms with van der Waals surface area (Å²) in [6.45, 7) is 7.82. The van der Waals surface area contributed by atoms with Crippen molar-refractivity contribution in [3.8, 4) is 0 Å². The normalized spacial score (nSPS) is 24.7. The number of amidine groups is 1. The molecule has 1 fully saturated rings. The van der Waals surface area contributed by atoms with Crippen LogP contribution < -0.4 is 0 Å². The molecule has 2 aromatic heterocycles. The molecular formula is C22H24N4S. The molecule has 138 valence electrons. The molecule has 1 saturated heterocycles.